The number of halogens is 1. The first-order valence-corrected chi connectivity index (χ1v) is 6.46. The molecule has 0 amide bonds. The Morgan fingerprint density at radius 2 is 2.36 bits per heavy atom. The van der Waals surface area contributed by atoms with E-state index in [1.54, 1.807) is 11.3 Å². The SMILES string of the molecule is O=Cc1cc2ccsc2c(S)c1CBr. The van der Waals surface area contributed by atoms with E-state index in [9.17, 15) is 4.79 Å². The summed E-state index contributed by atoms with van der Waals surface area (Å²) in [5, 5.41) is 3.76. The summed E-state index contributed by atoms with van der Waals surface area (Å²) in [4.78, 5) is 11.8. The zero-order valence-corrected chi connectivity index (χ0v) is 10.5. The molecule has 72 valence electrons. The van der Waals surface area contributed by atoms with Crippen LogP contribution in [0.4, 0.5) is 0 Å². The topological polar surface area (TPSA) is 17.1 Å². The van der Waals surface area contributed by atoms with Gasteiger partial charge in [0.2, 0.25) is 0 Å². The standard InChI is InChI=1S/C10H7BrOS2/c11-4-8-7(5-12)3-6-1-2-14-10(6)9(8)13/h1-3,5,13H,4H2. The van der Waals surface area contributed by atoms with E-state index in [4.69, 9.17) is 0 Å². The fraction of sp³-hybridized carbons (Fsp3) is 0.100. The van der Waals surface area contributed by atoms with Gasteiger partial charge in [0.1, 0.15) is 6.29 Å². The molecule has 0 saturated heterocycles. The molecule has 0 radical (unpaired) electrons. The number of thiophene rings is 1. The van der Waals surface area contributed by atoms with Crippen LogP contribution in [-0.2, 0) is 5.33 Å². The van der Waals surface area contributed by atoms with E-state index >= 15 is 0 Å². The average Bonchev–Trinajstić information content (AvgIpc) is 2.65. The van der Waals surface area contributed by atoms with Crippen LogP contribution >= 0.6 is 39.9 Å². The molecule has 0 atom stereocenters. The van der Waals surface area contributed by atoms with Crippen LogP contribution in [0.5, 0.6) is 0 Å². The van der Waals surface area contributed by atoms with Gasteiger partial charge in [0.25, 0.3) is 0 Å². The molecule has 1 heterocycles. The molecule has 0 N–H and O–H groups in total. The molecular weight excluding hydrogens is 280 g/mol. The Balaban J connectivity index is 2.85. The molecule has 0 bridgehead atoms. The number of thiol groups is 1. The summed E-state index contributed by atoms with van der Waals surface area (Å²) < 4.78 is 1.15. The summed E-state index contributed by atoms with van der Waals surface area (Å²) in [6.07, 6.45) is 0.882. The van der Waals surface area contributed by atoms with Crippen molar-refractivity contribution in [1.29, 1.82) is 0 Å². The number of benzene rings is 1. The summed E-state index contributed by atoms with van der Waals surface area (Å²) in [6.45, 7) is 0. The Morgan fingerprint density at radius 1 is 1.57 bits per heavy atom. The average molecular weight is 287 g/mol. The largest absolute Gasteiger partial charge is 0.298 e. The second-order valence-corrected chi connectivity index (χ2v) is 4.81. The van der Waals surface area contributed by atoms with Crippen LogP contribution in [0.15, 0.2) is 22.4 Å². The van der Waals surface area contributed by atoms with Gasteiger partial charge in [-0.3, -0.25) is 4.79 Å². The van der Waals surface area contributed by atoms with E-state index in [2.05, 4.69) is 28.6 Å². The molecule has 0 fully saturated rings. The highest BCUT2D eigenvalue weighted by atomic mass is 79.9. The van der Waals surface area contributed by atoms with Crippen molar-refractivity contribution in [2.45, 2.75) is 10.2 Å². The van der Waals surface area contributed by atoms with E-state index in [0.717, 1.165) is 32.4 Å². The first-order valence-electron chi connectivity index (χ1n) is 4.01. The third-order valence-electron chi connectivity index (χ3n) is 2.12. The molecule has 0 saturated carbocycles. The monoisotopic (exact) mass is 286 g/mol. The van der Waals surface area contributed by atoms with E-state index in [1.165, 1.54) is 0 Å². The van der Waals surface area contributed by atoms with Crippen molar-refractivity contribution in [2.24, 2.45) is 0 Å². The van der Waals surface area contributed by atoms with Crippen molar-refractivity contribution in [3.63, 3.8) is 0 Å². The predicted molar refractivity (Wildman–Crippen MR) is 67.1 cm³/mol. The zero-order chi connectivity index (χ0) is 10.1. The molecule has 0 spiro atoms. The quantitative estimate of drug-likeness (QED) is 0.503. The number of hydrogen-bond donors (Lipinski definition) is 1. The van der Waals surface area contributed by atoms with Gasteiger partial charge in [0.15, 0.2) is 0 Å². The van der Waals surface area contributed by atoms with Crippen LogP contribution in [0, 0.1) is 0 Å². The van der Waals surface area contributed by atoms with Crippen molar-refractivity contribution < 1.29 is 4.79 Å². The predicted octanol–water partition coefficient (Wildman–Crippen LogP) is 3.90. The van der Waals surface area contributed by atoms with Gasteiger partial charge in [-0.25, -0.2) is 0 Å². The number of rotatable bonds is 2. The lowest BCUT2D eigenvalue weighted by Crippen LogP contribution is -1.91. The summed E-state index contributed by atoms with van der Waals surface area (Å²) in [5.74, 6) is 0. The molecule has 14 heavy (non-hydrogen) atoms. The van der Waals surface area contributed by atoms with Gasteiger partial charge in [0.05, 0.1) is 0 Å². The molecule has 0 aliphatic heterocycles. The van der Waals surface area contributed by atoms with Gasteiger partial charge < -0.3 is 0 Å². The first-order chi connectivity index (χ1) is 6.77. The third kappa shape index (κ3) is 1.51. The number of alkyl halides is 1. The number of hydrogen-bond acceptors (Lipinski definition) is 3. The van der Waals surface area contributed by atoms with Crippen LogP contribution < -0.4 is 0 Å². The third-order valence-corrected chi connectivity index (χ3v) is 4.27. The van der Waals surface area contributed by atoms with E-state index in [1.807, 2.05) is 17.5 Å². The lowest BCUT2D eigenvalue weighted by atomic mass is 10.1. The Labute approximate surface area is 99.7 Å². The van der Waals surface area contributed by atoms with Crippen LogP contribution in [0.1, 0.15) is 15.9 Å². The zero-order valence-electron chi connectivity index (χ0n) is 7.16. The highest BCUT2D eigenvalue weighted by Crippen LogP contribution is 2.33. The van der Waals surface area contributed by atoms with E-state index in [-0.39, 0.29) is 0 Å². The normalized spacial score (nSPS) is 10.7. The minimum Gasteiger partial charge on any atom is -0.298 e. The second kappa shape index (κ2) is 4.04. The fourth-order valence-electron chi connectivity index (χ4n) is 1.40. The number of carbonyl (C=O) groups excluding carboxylic acids is 1. The van der Waals surface area contributed by atoms with Crippen LogP contribution in [0.25, 0.3) is 10.1 Å². The van der Waals surface area contributed by atoms with Gasteiger partial charge in [-0.15, -0.1) is 24.0 Å². The number of fused-ring (bicyclic) bond motifs is 1. The molecule has 2 rings (SSSR count). The van der Waals surface area contributed by atoms with Crippen molar-refractivity contribution >= 4 is 56.3 Å². The van der Waals surface area contributed by atoms with Gasteiger partial charge in [-0.05, 0) is 28.5 Å². The van der Waals surface area contributed by atoms with Gasteiger partial charge in [-0.1, -0.05) is 15.9 Å². The lowest BCUT2D eigenvalue weighted by Gasteiger charge is -2.05. The second-order valence-electron chi connectivity index (χ2n) is 2.88. The highest BCUT2D eigenvalue weighted by Gasteiger charge is 2.10. The Bertz CT molecular complexity index is 490. The summed E-state index contributed by atoms with van der Waals surface area (Å²) in [6, 6.07) is 3.92. The molecule has 1 nitrogen and oxygen atoms in total. The lowest BCUT2D eigenvalue weighted by molar-refractivity contribution is 0.112. The van der Waals surface area contributed by atoms with Crippen LogP contribution in [0.2, 0.25) is 0 Å². The molecule has 0 aliphatic rings. The summed E-state index contributed by atoms with van der Waals surface area (Å²) in [5.41, 5.74) is 1.69. The van der Waals surface area contributed by atoms with Crippen molar-refractivity contribution in [2.75, 3.05) is 0 Å². The molecular formula is C10H7BrOS2. The Kier molecular flexibility index (Phi) is 2.95. The highest BCUT2D eigenvalue weighted by molar-refractivity contribution is 9.08. The van der Waals surface area contributed by atoms with Gasteiger partial charge >= 0.3 is 0 Å². The minimum atomic E-state index is 0.660. The summed E-state index contributed by atoms with van der Waals surface area (Å²) >= 11 is 9.48. The fourth-order valence-corrected chi connectivity index (χ4v) is 3.56. The minimum absolute atomic E-state index is 0.660. The van der Waals surface area contributed by atoms with Crippen molar-refractivity contribution in [3.05, 3.63) is 28.6 Å². The van der Waals surface area contributed by atoms with Gasteiger partial charge in [-0.2, -0.15) is 0 Å². The molecule has 0 aliphatic carbocycles. The smallest absolute Gasteiger partial charge is 0.150 e. The maximum atomic E-state index is 10.9. The number of aldehydes is 1. The Hall–Kier alpha value is -0.320. The van der Waals surface area contributed by atoms with Crippen molar-refractivity contribution in [3.8, 4) is 0 Å². The maximum absolute atomic E-state index is 10.9. The molecule has 2 aromatic rings. The summed E-state index contributed by atoms with van der Waals surface area (Å²) in [7, 11) is 0. The van der Waals surface area contributed by atoms with Crippen LogP contribution in [-0.4, -0.2) is 6.29 Å². The molecule has 4 heteroatoms. The molecule has 1 aromatic carbocycles. The van der Waals surface area contributed by atoms with Crippen molar-refractivity contribution in [1.82, 2.24) is 0 Å². The number of carbonyl (C=O) groups is 1. The van der Waals surface area contributed by atoms with Gasteiger partial charge in [0, 0.05) is 20.5 Å². The van der Waals surface area contributed by atoms with Crippen LogP contribution in [0.3, 0.4) is 0 Å². The Morgan fingerprint density at radius 3 is 3.00 bits per heavy atom. The maximum Gasteiger partial charge on any atom is 0.150 e. The first kappa shape index (κ1) is 10.2. The van der Waals surface area contributed by atoms with E-state index in [0.29, 0.717) is 5.33 Å². The van der Waals surface area contributed by atoms with E-state index < -0.39 is 0 Å². The molecule has 0 unspecified atom stereocenters. The molecule has 1 aromatic heterocycles.